The van der Waals surface area contributed by atoms with Gasteiger partial charge in [-0.2, -0.15) is 0 Å². The van der Waals surface area contributed by atoms with Crippen LogP contribution in [0.3, 0.4) is 0 Å². The average molecular weight is 307 g/mol. The molecule has 104 valence electrons. The SMILES string of the molecule is NCC(c1cccc(Cl)c1Cl)N1Cc2ccccc2C1. The lowest BCUT2D eigenvalue weighted by Crippen LogP contribution is -2.29. The molecule has 0 saturated heterocycles. The molecule has 2 N–H and O–H groups in total. The fourth-order valence-electron chi connectivity index (χ4n) is 2.83. The molecule has 1 heterocycles. The molecule has 1 aliphatic rings. The minimum Gasteiger partial charge on any atom is -0.329 e. The number of hydrogen-bond acceptors (Lipinski definition) is 2. The first-order valence-corrected chi connectivity index (χ1v) is 7.41. The second-order valence-corrected chi connectivity index (χ2v) is 5.85. The monoisotopic (exact) mass is 306 g/mol. The van der Waals surface area contributed by atoms with E-state index in [2.05, 4.69) is 29.2 Å². The lowest BCUT2D eigenvalue weighted by atomic mass is 10.1. The van der Waals surface area contributed by atoms with Crippen LogP contribution in [-0.4, -0.2) is 11.4 Å². The molecule has 0 aliphatic carbocycles. The van der Waals surface area contributed by atoms with Gasteiger partial charge < -0.3 is 5.73 Å². The number of halogens is 2. The Kier molecular flexibility index (Phi) is 3.99. The van der Waals surface area contributed by atoms with Gasteiger partial charge in [0.1, 0.15) is 0 Å². The Morgan fingerprint density at radius 3 is 2.25 bits per heavy atom. The van der Waals surface area contributed by atoms with Crippen molar-refractivity contribution in [3.8, 4) is 0 Å². The van der Waals surface area contributed by atoms with Gasteiger partial charge in [-0.25, -0.2) is 0 Å². The highest BCUT2D eigenvalue weighted by Gasteiger charge is 2.27. The maximum atomic E-state index is 6.34. The molecular formula is C16H16Cl2N2. The molecular weight excluding hydrogens is 291 g/mol. The maximum Gasteiger partial charge on any atom is 0.0640 e. The van der Waals surface area contributed by atoms with E-state index in [1.165, 1.54) is 11.1 Å². The van der Waals surface area contributed by atoms with Crippen LogP contribution in [0.1, 0.15) is 22.7 Å². The van der Waals surface area contributed by atoms with Crippen LogP contribution in [0.2, 0.25) is 10.0 Å². The minimum absolute atomic E-state index is 0.0913. The summed E-state index contributed by atoms with van der Waals surface area (Å²) in [5.41, 5.74) is 9.73. The van der Waals surface area contributed by atoms with Crippen LogP contribution in [-0.2, 0) is 13.1 Å². The van der Waals surface area contributed by atoms with Gasteiger partial charge in [-0.15, -0.1) is 0 Å². The van der Waals surface area contributed by atoms with Crippen molar-refractivity contribution in [3.05, 3.63) is 69.2 Å². The van der Waals surface area contributed by atoms with E-state index in [1.807, 2.05) is 12.1 Å². The highest BCUT2D eigenvalue weighted by molar-refractivity contribution is 6.42. The summed E-state index contributed by atoms with van der Waals surface area (Å²) in [5.74, 6) is 0. The van der Waals surface area contributed by atoms with Crippen LogP contribution in [0.25, 0.3) is 0 Å². The van der Waals surface area contributed by atoms with E-state index in [0.717, 1.165) is 18.7 Å². The zero-order chi connectivity index (χ0) is 14.1. The van der Waals surface area contributed by atoms with E-state index >= 15 is 0 Å². The van der Waals surface area contributed by atoms with Gasteiger partial charge in [-0.05, 0) is 22.8 Å². The molecule has 0 amide bonds. The standard InChI is InChI=1S/C16H16Cl2N2/c17-14-7-3-6-13(16(14)18)15(8-19)20-9-11-4-1-2-5-12(11)10-20/h1-7,15H,8-10,19H2. The first-order chi connectivity index (χ1) is 9.70. The maximum absolute atomic E-state index is 6.34. The van der Waals surface area contributed by atoms with Crippen molar-refractivity contribution in [2.75, 3.05) is 6.54 Å². The second kappa shape index (κ2) is 5.74. The molecule has 1 aliphatic heterocycles. The third kappa shape index (κ3) is 2.45. The van der Waals surface area contributed by atoms with E-state index in [4.69, 9.17) is 28.9 Å². The van der Waals surface area contributed by atoms with Crippen LogP contribution >= 0.6 is 23.2 Å². The summed E-state index contributed by atoms with van der Waals surface area (Å²) >= 11 is 12.5. The normalized spacial score (nSPS) is 16.1. The summed E-state index contributed by atoms with van der Waals surface area (Å²) in [7, 11) is 0. The Bertz CT molecular complexity index is 603. The number of nitrogens with two attached hydrogens (primary N) is 1. The highest BCUT2D eigenvalue weighted by Crippen LogP contribution is 2.36. The lowest BCUT2D eigenvalue weighted by Gasteiger charge is -2.27. The highest BCUT2D eigenvalue weighted by atomic mass is 35.5. The van der Waals surface area contributed by atoms with Gasteiger partial charge in [0.2, 0.25) is 0 Å². The molecule has 3 rings (SSSR count). The molecule has 4 heteroatoms. The summed E-state index contributed by atoms with van der Waals surface area (Å²) < 4.78 is 0. The molecule has 0 bridgehead atoms. The molecule has 20 heavy (non-hydrogen) atoms. The number of benzene rings is 2. The van der Waals surface area contributed by atoms with Gasteiger partial charge in [0.15, 0.2) is 0 Å². The fourth-order valence-corrected chi connectivity index (χ4v) is 3.26. The Morgan fingerprint density at radius 2 is 1.65 bits per heavy atom. The third-order valence-corrected chi connectivity index (χ3v) is 4.70. The number of fused-ring (bicyclic) bond motifs is 1. The van der Waals surface area contributed by atoms with Crippen molar-refractivity contribution in [2.45, 2.75) is 19.1 Å². The number of hydrogen-bond donors (Lipinski definition) is 1. The van der Waals surface area contributed by atoms with Crippen molar-refractivity contribution in [1.82, 2.24) is 4.90 Å². The molecule has 1 unspecified atom stereocenters. The van der Waals surface area contributed by atoms with Gasteiger partial charge in [0.05, 0.1) is 10.0 Å². The lowest BCUT2D eigenvalue weighted by molar-refractivity contribution is 0.205. The zero-order valence-electron chi connectivity index (χ0n) is 11.0. The summed E-state index contributed by atoms with van der Waals surface area (Å²) in [5, 5.41) is 1.19. The molecule has 0 radical (unpaired) electrons. The van der Waals surface area contributed by atoms with Crippen molar-refractivity contribution in [2.24, 2.45) is 5.73 Å². The zero-order valence-corrected chi connectivity index (χ0v) is 12.5. The summed E-state index contributed by atoms with van der Waals surface area (Å²) in [4.78, 5) is 2.35. The molecule has 0 saturated carbocycles. The Hall–Kier alpha value is -1.06. The first kappa shape index (κ1) is 13.9. The predicted molar refractivity (Wildman–Crippen MR) is 83.9 cm³/mol. The van der Waals surface area contributed by atoms with Crippen LogP contribution < -0.4 is 5.73 Å². The molecule has 0 aromatic heterocycles. The molecule has 2 aromatic carbocycles. The topological polar surface area (TPSA) is 29.3 Å². The Labute approximate surface area is 129 Å². The largest absolute Gasteiger partial charge is 0.329 e. The molecule has 2 nitrogen and oxygen atoms in total. The predicted octanol–water partition coefficient (Wildman–Crippen LogP) is 4.01. The van der Waals surface area contributed by atoms with Gasteiger partial charge in [0, 0.05) is 25.7 Å². The summed E-state index contributed by atoms with van der Waals surface area (Å²) in [6, 6.07) is 14.3. The van der Waals surface area contributed by atoms with Crippen molar-refractivity contribution < 1.29 is 0 Å². The molecule has 2 aromatic rings. The van der Waals surface area contributed by atoms with E-state index < -0.39 is 0 Å². The summed E-state index contributed by atoms with van der Waals surface area (Å²) in [6.45, 7) is 2.33. The van der Waals surface area contributed by atoms with Gasteiger partial charge in [-0.1, -0.05) is 59.6 Å². The van der Waals surface area contributed by atoms with Crippen LogP contribution in [0, 0.1) is 0 Å². The Morgan fingerprint density at radius 1 is 1.00 bits per heavy atom. The minimum atomic E-state index is 0.0913. The summed E-state index contributed by atoms with van der Waals surface area (Å²) in [6.07, 6.45) is 0. The number of rotatable bonds is 3. The van der Waals surface area contributed by atoms with E-state index in [9.17, 15) is 0 Å². The van der Waals surface area contributed by atoms with Crippen molar-refractivity contribution >= 4 is 23.2 Å². The van der Waals surface area contributed by atoms with Crippen molar-refractivity contribution in [3.63, 3.8) is 0 Å². The van der Waals surface area contributed by atoms with Gasteiger partial charge in [0.25, 0.3) is 0 Å². The molecule has 0 fully saturated rings. The average Bonchev–Trinajstić information content (AvgIpc) is 2.87. The van der Waals surface area contributed by atoms with Crippen LogP contribution in [0.4, 0.5) is 0 Å². The van der Waals surface area contributed by atoms with E-state index in [1.54, 1.807) is 6.07 Å². The molecule has 0 spiro atoms. The number of nitrogens with zero attached hydrogens (tertiary/aromatic N) is 1. The van der Waals surface area contributed by atoms with Gasteiger partial charge >= 0.3 is 0 Å². The van der Waals surface area contributed by atoms with Crippen LogP contribution in [0.5, 0.6) is 0 Å². The second-order valence-electron chi connectivity index (χ2n) is 5.07. The fraction of sp³-hybridized carbons (Fsp3) is 0.250. The molecule has 1 atom stereocenters. The third-order valence-electron chi connectivity index (χ3n) is 3.87. The smallest absolute Gasteiger partial charge is 0.0640 e. The first-order valence-electron chi connectivity index (χ1n) is 6.65. The van der Waals surface area contributed by atoms with E-state index in [-0.39, 0.29) is 6.04 Å². The Balaban J connectivity index is 1.91. The van der Waals surface area contributed by atoms with Gasteiger partial charge in [-0.3, -0.25) is 4.90 Å². The van der Waals surface area contributed by atoms with E-state index in [0.29, 0.717) is 16.6 Å². The quantitative estimate of drug-likeness (QED) is 0.928. The van der Waals surface area contributed by atoms with Crippen molar-refractivity contribution in [1.29, 1.82) is 0 Å². The van der Waals surface area contributed by atoms with Crippen LogP contribution in [0.15, 0.2) is 42.5 Å².